The number of hydrogen-bond acceptors (Lipinski definition) is 5. The van der Waals surface area contributed by atoms with Crippen molar-refractivity contribution in [2.45, 2.75) is 45.1 Å². The van der Waals surface area contributed by atoms with Gasteiger partial charge in [-0.25, -0.2) is 0 Å². The predicted molar refractivity (Wildman–Crippen MR) is 63.9 cm³/mol. The van der Waals surface area contributed by atoms with Gasteiger partial charge in [-0.05, 0) is 0 Å². The van der Waals surface area contributed by atoms with E-state index < -0.39 is 0 Å². The molecule has 1 aromatic heterocycles. The number of aliphatic hydroxyl groups excluding tert-OH is 1. The van der Waals surface area contributed by atoms with E-state index in [4.69, 9.17) is 9.63 Å². The molecule has 0 saturated carbocycles. The number of amides is 1. The summed E-state index contributed by atoms with van der Waals surface area (Å²) in [6.07, 6.45) is 0.442. The molecule has 1 saturated heterocycles. The van der Waals surface area contributed by atoms with Crippen LogP contribution in [0.4, 0.5) is 0 Å². The molecule has 1 aromatic rings. The Kier molecular flexibility index (Phi) is 3.38. The number of aromatic nitrogens is 2. The van der Waals surface area contributed by atoms with Gasteiger partial charge in [0.25, 0.3) is 0 Å². The van der Waals surface area contributed by atoms with E-state index in [2.05, 4.69) is 10.1 Å². The van der Waals surface area contributed by atoms with Crippen molar-refractivity contribution in [2.75, 3.05) is 13.1 Å². The van der Waals surface area contributed by atoms with Crippen molar-refractivity contribution in [3.8, 4) is 0 Å². The molecule has 1 aliphatic heterocycles. The molecule has 1 amide bonds. The molecule has 1 N–H and O–H groups in total. The topological polar surface area (TPSA) is 79.5 Å². The SMILES string of the molecule is CC(C)(C)c1noc(CCC(=O)N2CC(O)C2)n1. The Labute approximate surface area is 106 Å². The maximum atomic E-state index is 11.7. The Morgan fingerprint density at radius 3 is 2.67 bits per heavy atom. The fourth-order valence-corrected chi connectivity index (χ4v) is 1.69. The number of nitrogens with zero attached hydrogens (tertiary/aromatic N) is 3. The lowest BCUT2D eigenvalue weighted by atomic mass is 9.96. The Hall–Kier alpha value is -1.43. The number of likely N-dealkylation sites (tertiary alicyclic amines) is 1. The van der Waals surface area contributed by atoms with Crippen molar-refractivity contribution in [3.63, 3.8) is 0 Å². The second-order valence-electron chi connectivity index (χ2n) is 5.71. The fourth-order valence-electron chi connectivity index (χ4n) is 1.69. The first-order valence-electron chi connectivity index (χ1n) is 6.15. The zero-order valence-corrected chi connectivity index (χ0v) is 11.0. The third-order valence-corrected chi connectivity index (χ3v) is 2.91. The Morgan fingerprint density at radius 1 is 1.50 bits per heavy atom. The van der Waals surface area contributed by atoms with Gasteiger partial charge in [-0.3, -0.25) is 4.79 Å². The van der Waals surface area contributed by atoms with Crippen molar-refractivity contribution in [3.05, 3.63) is 11.7 Å². The number of aliphatic hydroxyl groups is 1. The first-order chi connectivity index (χ1) is 8.36. The van der Waals surface area contributed by atoms with Crippen molar-refractivity contribution < 1.29 is 14.4 Å². The second-order valence-corrected chi connectivity index (χ2v) is 5.71. The summed E-state index contributed by atoms with van der Waals surface area (Å²) in [5.41, 5.74) is -0.145. The van der Waals surface area contributed by atoms with Crippen LogP contribution in [-0.4, -0.2) is 45.2 Å². The van der Waals surface area contributed by atoms with Crippen LogP contribution in [0.3, 0.4) is 0 Å². The second kappa shape index (κ2) is 4.68. The molecule has 0 unspecified atom stereocenters. The van der Waals surface area contributed by atoms with E-state index in [0.717, 1.165) is 0 Å². The molecule has 0 spiro atoms. The Bertz CT molecular complexity index is 430. The summed E-state index contributed by atoms with van der Waals surface area (Å²) in [6.45, 7) is 6.91. The first kappa shape index (κ1) is 13.0. The summed E-state index contributed by atoms with van der Waals surface area (Å²) >= 11 is 0. The lowest BCUT2D eigenvalue weighted by molar-refractivity contribution is -0.141. The molecule has 18 heavy (non-hydrogen) atoms. The van der Waals surface area contributed by atoms with Crippen LogP contribution in [0.15, 0.2) is 4.52 Å². The lowest BCUT2D eigenvalue weighted by Gasteiger charge is -2.35. The maximum Gasteiger partial charge on any atom is 0.227 e. The molecule has 0 aliphatic carbocycles. The molecule has 0 aromatic carbocycles. The van der Waals surface area contributed by atoms with Gasteiger partial charge in [-0.15, -0.1) is 0 Å². The van der Waals surface area contributed by atoms with Gasteiger partial charge in [0.05, 0.1) is 6.10 Å². The largest absolute Gasteiger partial charge is 0.389 e. The van der Waals surface area contributed by atoms with Crippen molar-refractivity contribution in [2.24, 2.45) is 0 Å². The fraction of sp³-hybridized carbons (Fsp3) is 0.750. The highest BCUT2D eigenvalue weighted by molar-refractivity contribution is 5.77. The van der Waals surface area contributed by atoms with Crippen LogP contribution in [0.2, 0.25) is 0 Å². The number of carbonyl (C=O) groups excluding carboxylic acids is 1. The highest BCUT2D eigenvalue weighted by Crippen LogP contribution is 2.19. The van der Waals surface area contributed by atoms with Gasteiger partial charge in [0, 0.05) is 31.3 Å². The molecule has 0 bridgehead atoms. The average molecular weight is 253 g/mol. The van der Waals surface area contributed by atoms with E-state index in [1.807, 2.05) is 20.8 Å². The minimum Gasteiger partial charge on any atom is -0.389 e. The molecule has 6 nitrogen and oxygen atoms in total. The van der Waals surface area contributed by atoms with Crippen molar-refractivity contribution in [1.29, 1.82) is 0 Å². The van der Waals surface area contributed by atoms with Gasteiger partial charge in [0.1, 0.15) is 0 Å². The number of carbonyl (C=O) groups is 1. The molecule has 6 heteroatoms. The van der Waals surface area contributed by atoms with Gasteiger partial charge in [-0.2, -0.15) is 4.98 Å². The molecule has 0 atom stereocenters. The summed E-state index contributed by atoms with van der Waals surface area (Å²) < 4.78 is 5.11. The van der Waals surface area contributed by atoms with E-state index in [1.165, 1.54) is 0 Å². The van der Waals surface area contributed by atoms with Gasteiger partial charge >= 0.3 is 0 Å². The molecule has 2 heterocycles. The molecule has 1 aliphatic rings. The van der Waals surface area contributed by atoms with Crippen LogP contribution < -0.4 is 0 Å². The van der Waals surface area contributed by atoms with Crippen LogP contribution in [0, 0.1) is 0 Å². The number of rotatable bonds is 3. The van der Waals surface area contributed by atoms with E-state index >= 15 is 0 Å². The normalized spacial score (nSPS) is 16.8. The molecule has 0 radical (unpaired) electrons. The van der Waals surface area contributed by atoms with Crippen LogP contribution in [-0.2, 0) is 16.6 Å². The summed E-state index contributed by atoms with van der Waals surface area (Å²) in [7, 11) is 0. The molecular formula is C12H19N3O3. The van der Waals surface area contributed by atoms with Crippen LogP contribution in [0.1, 0.15) is 38.9 Å². The molecule has 100 valence electrons. The zero-order valence-electron chi connectivity index (χ0n) is 11.0. The lowest BCUT2D eigenvalue weighted by Crippen LogP contribution is -2.53. The monoisotopic (exact) mass is 253 g/mol. The highest BCUT2D eigenvalue weighted by Gasteiger charge is 2.28. The van der Waals surface area contributed by atoms with Gasteiger partial charge < -0.3 is 14.5 Å². The van der Waals surface area contributed by atoms with E-state index in [-0.39, 0.29) is 17.4 Å². The van der Waals surface area contributed by atoms with Crippen molar-refractivity contribution in [1.82, 2.24) is 15.0 Å². The van der Waals surface area contributed by atoms with E-state index in [9.17, 15) is 4.79 Å². The number of β-amino-alcohol motifs (C(OH)–C–C–N with tert-alkyl or cyclic N) is 1. The zero-order chi connectivity index (χ0) is 13.3. The van der Waals surface area contributed by atoms with Crippen LogP contribution >= 0.6 is 0 Å². The minimum absolute atomic E-state index is 0.0239. The standard InChI is InChI=1S/C12H19N3O3/c1-12(2,3)11-13-9(18-14-11)4-5-10(17)15-6-8(16)7-15/h8,16H,4-7H2,1-3H3. The first-order valence-corrected chi connectivity index (χ1v) is 6.15. The molecule has 1 fully saturated rings. The van der Waals surface area contributed by atoms with Gasteiger partial charge in [0.15, 0.2) is 5.82 Å². The quantitative estimate of drug-likeness (QED) is 0.848. The Morgan fingerprint density at radius 2 is 2.17 bits per heavy atom. The summed E-state index contributed by atoms with van der Waals surface area (Å²) in [4.78, 5) is 17.6. The summed E-state index contributed by atoms with van der Waals surface area (Å²) in [5.74, 6) is 1.18. The third kappa shape index (κ3) is 2.87. The van der Waals surface area contributed by atoms with E-state index in [1.54, 1.807) is 4.90 Å². The van der Waals surface area contributed by atoms with Crippen molar-refractivity contribution >= 4 is 5.91 Å². The smallest absolute Gasteiger partial charge is 0.227 e. The summed E-state index contributed by atoms with van der Waals surface area (Å²) in [5, 5.41) is 13.0. The molecule has 2 rings (SSSR count). The summed E-state index contributed by atoms with van der Waals surface area (Å²) in [6, 6.07) is 0. The number of hydrogen-bond donors (Lipinski definition) is 1. The average Bonchev–Trinajstić information content (AvgIpc) is 2.69. The number of aryl methyl sites for hydroxylation is 1. The van der Waals surface area contributed by atoms with Gasteiger partial charge in [-0.1, -0.05) is 25.9 Å². The third-order valence-electron chi connectivity index (χ3n) is 2.91. The minimum atomic E-state index is -0.357. The predicted octanol–water partition coefficient (Wildman–Crippen LogP) is 0.503. The van der Waals surface area contributed by atoms with Crippen LogP contribution in [0.5, 0.6) is 0 Å². The highest BCUT2D eigenvalue weighted by atomic mass is 16.5. The van der Waals surface area contributed by atoms with E-state index in [0.29, 0.717) is 37.6 Å². The maximum absolute atomic E-state index is 11.7. The van der Waals surface area contributed by atoms with Gasteiger partial charge in [0.2, 0.25) is 11.8 Å². The van der Waals surface area contributed by atoms with Crippen LogP contribution in [0.25, 0.3) is 0 Å². The Balaban J connectivity index is 1.83. The molecular weight excluding hydrogens is 234 g/mol.